The number of amides is 1. The van der Waals surface area contributed by atoms with Gasteiger partial charge in [-0.2, -0.15) is 0 Å². The molecule has 1 fully saturated rings. The number of imidazole rings is 1. The molecule has 0 aromatic carbocycles. The zero-order chi connectivity index (χ0) is 17.6. The maximum Gasteiger partial charge on any atom is 0.250 e. The summed E-state index contributed by atoms with van der Waals surface area (Å²) in [5.74, 6) is 1.21. The first kappa shape index (κ1) is 17.4. The van der Waals surface area contributed by atoms with Crippen LogP contribution in [0.25, 0.3) is 0 Å². The van der Waals surface area contributed by atoms with Gasteiger partial charge >= 0.3 is 0 Å². The molecule has 0 aliphatic carbocycles. The van der Waals surface area contributed by atoms with Gasteiger partial charge in [-0.05, 0) is 18.9 Å². The maximum absolute atomic E-state index is 12.6. The molecule has 3 rings (SSSR count). The molecule has 0 bridgehead atoms. The lowest BCUT2D eigenvalue weighted by Gasteiger charge is -2.33. The molecule has 1 aliphatic rings. The highest BCUT2D eigenvalue weighted by atomic mass is 16.5. The van der Waals surface area contributed by atoms with Crippen molar-refractivity contribution in [3.05, 3.63) is 53.0 Å². The third kappa shape index (κ3) is 4.17. The lowest BCUT2D eigenvalue weighted by molar-refractivity contribution is -0.133. The van der Waals surface area contributed by atoms with E-state index in [-0.39, 0.29) is 23.9 Å². The number of rotatable bonds is 6. The summed E-state index contributed by atoms with van der Waals surface area (Å²) in [6.07, 6.45) is 7.36. The van der Waals surface area contributed by atoms with Crippen LogP contribution in [0.4, 0.5) is 0 Å². The number of methoxy groups -OCH3 is 1. The van der Waals surface area contributed by atoms with Gasteiger partial charge in [-0.15, -0.1) is 0 Å². The van der Waals surface area contributed by atoms with Crippen LogP contribution in [0.5, 0.6) is 0 Å². The number of carbonyl (C=O) groups is 1. The Hall–Kier alpha value is -2.41. The van der Waals surface area contributed by atoms with E-state index >= 15 is 0 Å². The molecule has 2 aromatic rings. The molecule has 1 saturated heterocycles. The Kier molecular flexibility index (Phi) is 5.65. The number of nitrogens with zero attached hydrogens (tertiary/aromatic N) is 4. The first-order chi connectivity index (χ1) is 12.2. The van der Waals surface area contributed by atoms with E-state index in [0.29, 0.717) is 13.2 Å². The Labute approximate surface area is 146 Å². The smallest absolute Gasteiger partial charge is 0.250 e. The Morgan fingerprint density at radius 2 is 2.20 bits per heavy atom. The van der Waals surface area contributed by atoms with Crippen molar-refractivity contribution in [1.82, 2.24) is 19.0 Å². The molecule has 1 unspecified atom stereocenters. The van der Waals surface area contributed by atoms with Gasteiger partial charge in [0.05, 0.1) is 6.61 Å². The Morgan fingerprint density at radius 1 is 1.32 bits per heavy atom. The second-order valence-electron chi connectivity index (χ2n) is 6.32. The lowest BCUT2D eigenvalue weighted by atomic mass is 9.97. The fourth-order valence-corrected chi connectivity index (χ4v) is 3.31. The van der Waals surface area contributed by atoms with Crippen molar-refractivity contribution < 1.29 is 9.53 Å². The predicted octanol–water partition coefficient (Wildman–Crippen LogP) is 1.10. The molecule has 134 valence electrons. The van der Waals surface area contributed by atoms with Crippen molar-refractivity contribution in [3.63, 3.8) is 0 Å². The van der Waals surface area contributed by atoms with Crippen LogP contribution in [0, 0.1) is 0 Å². The number of aromatic nitrogens is 3. The van der Waals surface area contributed by atoms with Crippen molar-refractivity contribution in [2.45, 2.75) is 31.8 Å². The molecule has 7 nitrogen and oxygen atoms in total. The number of piperidine rings is 1. The number of carbonyl (C=O) groups excluding carboxylic acids is 1. The molecule has 0 spiro atoms. The van der Waals surface area contributed by atoms with Crippen molar-refractivity contribution in [1.29, 1.82) is 0 Å². The van der Waals surface area contributed by atoms with E-state index in [0.717, 1.165) is 31.8 Å². The van der Waals surface area contributed by atoms with Gasteiger partial charge in [0.25, 0.3) is 5.56 Å². The minimum atomic E-state index is -0.153. The van der Waals surface area contributed by atoms with E-state index in [2.05, 4.69) is 9.55 Å². The number of ether oxygens (including phenoxy) is 1. The minimum absolute atomic E-state index is 0.0204. The lowest BCUT2D eigenvalue weighted by Crippen LogP contribution is -2.42. The van der Waals surface area contributed by atoms with Crippen LogP contribution in [0.2, 0.25) is 0 Å². The molecule has 3 heterocycles. The fraction of sp³-hybridized carbons (Fsp3) is 0.500. The molecular weight excluding hydrogens is 320 g/mol. The van der Waals surface area contributed by atoms with Crippen molar-refractivity contribution in [3.8, 4) is 0 Å². The average molecular weight is 344 g/mol. The van der Waals surface area contributed by atoms with Crippen molar-refractivity contribution in [2.75, 3.05) is 26.8 Å². The molecule has 1 aliphatic heterocycles. The van der Waals surface area contributed by atoms with Crippen LogP contribution >= 0.6 is 0 Å². The summed E-state index contributed by atoms with van der Waals surface area (Å²) in [7, 11) is 1.68. The Balaban J connectivity index is 1.67. The maximum atomic E-state index is 12.6. The summed E-state index contributed by atoms with van der Waals surface area (Å²) in [5, 5.41) is 0. The second kappa shape index (κ2) is 8.11. The number of likely N-dealkylation sites (tertiary alicyclic amines) is 1. The largest absolute Gasteiger partial charge is 0.383 e. The van der Waals surface area contributed by atoms with Gasteiger partial charge in [0.1, 0.15) is 12.4 Å². The number of pyridine rings is 1. The molecule has 0 saturated carbocycles. The van der Waals surface area contributed by atoms with E-state index in [1.54, 1.807) is 31.6 Å². The standard InChI is InChI=1S/C18H24N4O3/c1-25-12-11-20-10-7-19-18(20)15-5-4-9-21(13-15)17(24)14-22-8-3-2-6-16(22)23/h2-3,6-8,10,15H,4-5,9,11-14H2,1H3. The van der Waals surface area contributed by atoms with E-state index < -0.39 is 0 Å². The van der Waals surface area contributed by atoms with Gasteiger partial charge < -0.3 is 18.8 Å². The fourth-order valence-electron chi connectivity index (χ4n) is 3.31. The number of hydrogen-bond acceptors (Lipinski definition) is 4. The molecule has 1 amide bonds. The zero-order valence-corrected chi connectivity index (χ0v) is 14.5. The van der Waals surface area contributed by atoms with E-state index in [9.17, 15) is 9.59 Å². The predicted molar refractivity (Wildman–Crippen MR) is 93.4 cm³/mol. The molecular formula is C18H24N4O3. The second-order valence-corrected chi connectivity index (χ2v) is 6.32. The quantitative estimate of drug-likeness (QED) is 0.787. The normalized spacial score (nSPS) is 17.6. The molecule has 1 atom stereocenters. The highest BCUT2D eigenvalue weighted by Crippen LogP contribution is 2.26. The number of hydrogen-bond donors (Lipinski definition) is 0. The zero-order valence-electron chi connectivity index (χ0n) is 14.5. The van der Waals surface area contributed by atoms with Crippen LogP contribution in [0.1, 0.15) is 24.6 Å². The van der Waals surface area contributed by atoms with Crippen LogP contribution in [0.3, 0.4) is 0 Å². The molecule has 25 heavy (non-hydrogen) atoms. The minimum Gasteiger partial charge on any atom is -0.383 e. The van der Waals surface area contributed by atoms with E-state index in [1.165, 1.54) is 10.6 Å². The molecule has 0 N–H and O–H groups in total. The topological polar surface area (TPSA) is 69.4 Å². The average Bonchev–Trinajstić information content (AvgIpc) is 3.10. The third-order valence-corrected chi connectivity index (χ3v) is 4.63. The van der Waals surface area contributed by atoms with Crippen LogP contribution in [-0.4, -0.2) is 51.7 Å². The summed E-state index contributed by atoms with van der Waals surface area (Å²) in [5.41, 5.74) is -0.153. The third-order valence-electron chi connectivity index (χ3n) is 4.63. The van der Waals surface area contributed by atoms with Gasteiger partial charge in [0.15, 0.2) is 0 Å². The molecule has 2 aromatic heterocycles. The van der Waals surface area contributed by atoms with Gasteiger partial charge in [-0.25, -0.2) is 4.98 Å². The first-order valence-electron chi connectivity index (χ1n) is 8.62. The van der Waals surface area contributed by atoms with Gasteiger partial charge in [0, 0.05) is 57.3 Å². The summed E-state index contributed by atoms with van der Waals surface area (Å²) < 4.78 is 8.70. The SMILES string of the molecule is COCCn1ccnc1C1CCCN(C(=O)Cn2ccccc2=O)C1. The van der Waals surface area contributed by atoms with E-state index in [1.807, 2.05) is 11.1 Å². The van der Waals surface area contributed by atoms with Crippen LogP contribution < -0.4 is 5.56 Å². The summed E-state index contributed by atoms with van der Waals surface area (Å²) in [6, 6.07) is 4.92. The van der Waals surface area contributed by atoms with Crippen molar-refractivity contribution in [2.24, 2.45) is 0 Å². The van der Waals surface area contributed by atoms with Gasteiger partial charge in [-0.1, -0.05) is 6.07 Å². The highest BCUT2D eigenvalue weighted by molar-refractivity contribution is 5.76. The summed E-state index contributed by atoms with van der Waals surface area (Å²) >= 11 is 0. The Bertz CT molecular complexity index is 767. The van der Waals surface area contributed by atoms with Gasteiger partial charge in [-0.3, -0.25) is 9.59 Å². The first-order valence-corrected chi connectivity index (χ1v) is 8.62. The van der Waals surface area contributed by atoms with Crippen molar-refractivity contribution >= 4 is 5.91 Å². The monoisotopic (exact) mass is 344 g/mol. The molecule has 0 radical (unpaired) electrons. The van der Waals surface area contributed by atoms with Crippen LogP contribution in [0.15, 0.2) is 41.6 Å². The van der Waals surface area contributed by atoms with Gasteiger partial charge in [0.2, 0.25) is 5.91 Å². The summed E-state index contributed by atoms with van der Waals surface area (Å²) in [6.45, 7) is 2.86. The van der Waals surface area contributed by atoms with E-state index in [4.69, 9.17) is 4.74 Å². The Morgan fingerprint density at radius 3 is 3.00 bits per heavy atom. The molecule has 7 heteroatoms. The highest BCUT2D eigenvalue weighted by Gasteiger charge is 2.27. The van der Waals surface area contributed by atoms with Crippen LogP contribution in [-0.2, 0) is 22.6 Å². The summed E-state index contributed by atoms with van der Waals surface area (Å²) in [4.78, 5) is 30.8.